The summed E-state index contributed by atoms with van der Waals surface area (Å²) in [6.45, 7) is 3.08. The van der Waals surface area contributed by atoms with Crippen molar-refractivity contribution in [2.24, 2.45) is 5.92 Å². The number of carbonyl (C=O) groups excluding carboxylic acids is 1. The van der Waals surface area contributed by atoms with E-state index in [4.69, 9.17) is 4.74 Å². The molecule has 1 atom stereocenters. The van der Waals surface area contributed by atoms with Crippen LogP contribution in [-0.2, 0) is 4.74 Å². The Bertz CT molecular complexity index is 395. The number of hydrogen-bond acceptors (Lipinski definition) is 3. The van der Waals surface area contributed by atoms with Crippen molar-refractivity contribution in [3.63, 3.8) is 0 Å². The minimum Gasteiger partial charge on any atom is -0.507 e. The van der Waals surface area contributed by atoms with Crippen LogP contribution in [-0.4, -0.2) is 31.3 Å². The Morgan fingerprint density at radius 1 is 1.59 bits per heavy atom. The third-order valence-corrected chi connectivity index (χ3v) is 2.76. The molecule has 2 N–H and O–H groups in total. The predicted octanol–water partition coefficient (Wildman–Crippen LogP) is 2.17. The first kappa shape index (κ1) is 14.0. The quantitative estimate of drug-likeness (QED) is 0.876. The van der Waals surface area contributed by atoms with E-state index in [1.807, 2.05) is 6.92 Å². The number of phenols is 1. The lowest BCUT2D eigenvalue weighted by Gasteiger charge is -2.12. The van der Waals surface area contributed by atoms with Crippen LogP contribution in [0.2, 0.25) is 0 Å². The lowest BCUT2D eigenvalue weighted by atomic mass is 10.1. The summed E-state index contributed by atoms with van der Waals surface area (Å²) in [7, 11) is 1.62. The van der Waals surface area contributed by atoms with Gasteiger partial charge in [-0.1, -0.05) is 22.9 Å². The molecule has 1 amide bonds. The minimum atomic E-state index is -0.280. The number of rotatable bonds is 5. The molecule has 1 unspecified atom stereocenters. The first-order valence-electron chi connectivity index (χ1n) is 5.30. The van der Waals surface area contributed by atoms with Gasteiger partial charge in [-0.2, -0.15) is 0 Å². The Hall–Kier alpha value is -1.07. The molecule has 94 valence electrons. The fraction of sp³-hybridized carbons (Fsp3) is 0.417. The van der Waals surface area contributed by atoms with Crippen molar-refractivity contribution < 1.29 is 14.6 Å². The number of amides is 1. The summed E-state index contributed by atoms with van der Waals surface area (Å²) in [5, 5.41) is 12.4. The van der Waals surface area contributed by atoms with Crippen LogP contribution in [0.15, 0.2) is 22.7 Å². The Morgan fingerprint density at radius 2 is 2.29 bits per heavy atom. The Morgan fingerprint density at radius 3 is 2.88 bits per heavy atom. The molecule has 5 heteroatoms. The van der Waals surface area contributed by atoms with Crippen molar-refractivity contribution in [2.75, 3.05) is 20.3 Å². The number of benzene rings is 1. The van der Waals surface area contributed by atoms with Crippen molar-refractivity contribution in [1.29, 1.82) is 0 Å². The molecule has 0 aliphatic heterocycles. The molecule has 0 radical (unpaired) electrons. The summed E-state index contributed by atoms with van der Waals surface area (Å²) < 4.78 is 5.71. The van der Waals surface area contributed by atoms with Gasteiger partial charge in [0.05, 0.1) is 12.2 Å². The fourth-order valence-corrected chi connectivity index (χ4v) is 1.75. The first-order valence-corrected chi connectivity index (χ1v) is 6.09. The van der Waals surface area contributed by atoms with E-state index in [0.717, 1.165) is 4.47 Å². The van der Waals surface area contributed by atoms with Gasteiger partial charge in [0.2, 0.25) is 0 Å². The van der Waals surface area contributed by atoms with Crippen molar-refractivity contribution in [1.82, 2.24) is 5.32 Å². The van der Waals surface area contributed by atoms with Crippen molar-refractivity contribution in [3.05, 3.63) is 28.2 Å². The average molecular weight is 302 g/mol. The zero-order chi connectivity index (χ0) is 12.8. The van der Waals surface area contributed by atoms with Crippen LogP contribution in [0.4, 0.5) is 0 Å². The van der Waals surface area contributed by atoms with E-state index >= 15 is 0 Å². The van der Waals surface area contributed by atoms with Crippen LogP contribution in [0.25, 0.3) is 0 Å². The summed E-state index contributed by atoms with van der Waals surface area (Å²) in [6, 6.07) is 4.79. The highest BCUT2D eigenvalue weighted by atomic mass is 79.9. The third-order valence-electron chi connectivity index (χ3n) is 2.27. The van der Waals surface area contributed by atoms with Gasteiger partial charge in [-0.25, -0.2) is 0 Å². The molecular formula is C12H16BrNO3. The monoisotopic (exact) mass is 301 g/mol. The van der Waals surface area contributed by atoms with Crippen LogP contribution in [0.3, 0.4) is 0 Å². The number of ether oxygens (including phenoxy) is 1. The smallest absolute Gasteiger partial charge is 0.255 e. The van der Waals surface area contributed by atoms with Gasteiger partial charge in [0, 0.05) is 18.1 Å². The summed E-state index contributed by atoms with van der Waals surface area (Å²) in [4.78, 5) is 11.8. The van der Waals surface area contributed by atoms with Crippen LogP contribution < -0.4 is 5.32 Å². The minimum absolute atomic E-state index is 0.0312. The molecule has 0 fully saturated rings. The number of halogens is 1. The molecule has 0 heterocycles. The van der Waals surface area contributed by atoms with Crippen molar-refractivity contribution in [2.45, 2.75) is 6.92 Å². The van der Waals surface area contributed by atoms with Gasteiger partial charge in [-0.15, -0.1) is 0 Å². The van der Waals surface area contributed by atoms with Gasteiger partial charge in [-0.3, -0.25) is 4.79 Å². The Kier molecular flexibility index (Phi) is 5.44. The number of hydrogen-bond donors (Lipinski definition) is 2. The highest BCUT2D eigenvalue weighted by Crippen LogP contribution is 2.22. The topological polar surface area (TPSA) is 58.6 Å². The van der Waals surface area contributed by atoms with E-state index < -0.39 is 0 Å². The zero-order valence-corrected chi connectivity index (χ0v) is 11.5. The van der Waals surface area contributed by atoms with E-state index in [1.54, 1.807) is 19.2 Å². The lowest BCUT2D eigenvalue weighted by molar-refractivity contribution is 0.0931. The second-order valence-electron chi connectivity index (χ2n) is 3.93. The third kappa shape index (κ3) is 4.36. The second kappa shape index (κ2) is 6.61. The van der Waals surface area contributed by atoms with E-state index in [-0.39, 0.29) is 23.1 Å². The van der Waals surface area contributed by atoms with Crippen molar-refractivity contribution in [3.8, 4) is 5.75 Å². The van der Waals surface area contributed by atoms with E-state index in [9.17, 15) is 9.90 Å². The first-order chi connectivity index (χ1) is 8.04. The maximum atomic E-state index is 11.8. The molecule has 1 aromatic rings. The second-order valence-corrected chi connectivity index (χ2v) is 4.85. The molecule has 0 saturated heterocycles. The van der Waals surface area contributed by atoms with Crippen LogP contribution in [0.5, 0.6) is 5.75 Å². The molecule has 1 aromatic carbocycles. The number of methoxy groups -OCH3 is 1. The highest BCUT2D eigenvalue weighted by molar-refractivity contribution is 9.10. The number of phenolic OH excluding ortho intramolecular Hbond substituents is 1. The largest absolute Gasteiger partial charge is 0.507 e. The maximum Gasteiger partial charge on any atom is 0.255 e. The van der Waals surface area contributed by atoms with E-state index in [0.29, 0.717) is 13.2 Å². The predicted molar refractivity (Wildman–Crippen MR) is 69.2 cm³/mol. The molecule has 17 heavy (non-hydrogen) atoms. The maximum absolute atomic E-state index is 11.8. The van der Waals surface area contributed by atoms with Crippen LogP contribution in [0, 0.1) is 5.92 Å². The van der Waals surface area contributed by atoms with Crippen LogP contribution in [0.1, 0.15) is 17.3 Å². The van der Waals surface area contributed by atoms with E-state index in [1.165, 1.54) is 6.07 Å². The molecule has 0 bridgehead atoms. The molecule has 0 spiro atoms. The summed E-state index contributed by atoms with van der Waals surface area (Å²) in [5.41, 5.74) is 0.276. The number of aromatic hydroxyl groups is 1. The van der Waals surface area contributed by atoms with Gasteiger partial charge < -0.3 is 15.2 Å². The standard InChI is InChI=1S/C12H16BrNO3/c1-8(7-17-2)6-14-12(16)10-4-3-9(13)5-11(10)15/h3-5,8,15H,6-7H2,1-2H3,(H,14,16). The molecular weight excluding hydrogens is 286 g/mol. The average Bonchev–Trinajstić information content (AvgIpc) is 2.26. The zero-order valence-electron chi connectivity index (χ0n) is 9.87. The fourth-order valence-electron chi connectivity index (χ4n) is 1.40. The van der Waals surface area contributed by atoms with Gasteiger partial charge in [0.15, 0.2) is 0 Å². The van der Waals surface area contributed by atoms with Gasteiger partial charge in [0.25, 0.3) is 5.91 Å². The SMILES string of the molecule is COCC(C)CNC(=O)c1ccc(Br)cc1O. The molecule has 4 nitrogen and oxygen atoms in total. The Balaban J connectivity index is 2.58. The van der Waals surface area contributed by atoms with Gasteiger partial charge in [-0.05, 0) is 24.1 Å². The normalized spacial score (nSPS) is 12.2. The highest BCUT2D eigenvalue weighted by Gasteiger charge is 2.12. The lowest BCUT2D eigenvalue weighted by Crippen LogP contribution is -2.29. The number of nitrogens with one attached hydrogen (secondary N) is 1. The summed E-state index contributed by atoms with van der Waals surface area (Å²) in [5.74, 6) is -0.0734. The molecule has 1 rings (SSSR count). The summed E-state index contributed by atoms with van der Waals surface area (Å²) >= 11 is 3.22. The Labute approximate surface area is 109 Å². The van der Waals surface area contributed by atoms with Gasteiger partial charge in [0.1, 0.15) is 5.75 Å². The van der Waals surface area contributed by atoms with Crippen molar-refractivity contribution >= 4 is 21.8 Å². The molecule has 0 aliphatic rings. The molecule has 0 saturated carbocycles. The molecule has 0 aliphatic carbocycles. The summed E-state index contributed by atoms with van der Waals surface area (Å²) in [6.07, 6.45) is 0. The number of carbonyl (C=O) groups is 1. The molecule has 0 aromatic heterocycles. The van der Waals surface area contributed by atoms with E-state index in [2.05, 4.69) is 21.2 Å². The van der Waals surface area contributed by atoms with Crippen LogP contribution >= 0.6 is 15.9 Å². The van der Waals surface area contributed by atoms with Gasteiger partial charge >= 0.3 is 0 Å².